The number of benzene rings is 1. The Bertz CT molecular complexity index is 788. The van der Waals surface area contributed by atoms with E-state index in [9.17, 15) is 14.0 Å². The Morgan fingerprint density at radius 1 is 1.33 bits per heavy atom. The summed E-state index contributed by atoms with van der Waals surface area (Å²) in [6, 6.07) is 7.68. The van der Waals surface area contributed by atoms with E-state index in [0.29, 0.717) is 0 Å². The standard InChI is InChI=1S/C17H15ClFNO3S/c1-10-3-5-13(24-10)6-8-16(21)23-11(2)17(22)20-15-7-4-12(18)9-14(15)19/h3-9,11H,1-2H3,(H,20,22)/b8-6+/t11-/m0/s1. The van der Waals surface area contributed by atoms with Gasteiger partial charge in [-0.1, -0.05) is 11.6 Å². The normalized spacial score (nSPS) is 12.2. The van der Waals surface area contributed by atoms with Crippen LogP contribution < -0.4 is 5.32 Å². The Labute approximate surface area is 147 Å². The molecule has 7 heteroatoms. The fourth-order valence-corrected chi connectivity index (χ4v) is 2.72. The number of carbonyl (C=O) groups is 2. The number of nitrogens with one attached hydrogen (secondary N) is 1. The fraction of sp³-hybridized carbons (Fsp3) is 0.176. The number of thiophene rings is 1. The van der Waals surface area contributed by atoms with Crippen LogP contribution in [0, 0.1) is 12.7 Å². The quantitative estimate of drug-likeness (QED) is 0.628. The second-order valence-electron chi connectivity index (χ2n) is 4.97. The Morgan fingerprint density at radius 3 is 2.71 bits per heavy atom. The molecular formula is C17H15ClFNO3S. The Morgan fingerprint density at radius 2 is 2.08 bits per heavy atom. The van der Waals surface area contributed by atoms with Gasteiger partial charge in [-0.05, 0) is 50.3 Å². The highest BCUT2D eigenvalue weighted by Gasteiger charge is 2.18. The van der Waals surface area contributed by atoms with E-state index < -0.39 is 23.8 Å². The van der Waals surface area contributed by atoms with Gasteiger partial charge < -0.3 is 10.1 Å². The van der Waals surface area contributed by atoms with E-state index in [4.69, 9.17) is 16.3 Å². The molecule has 0 saturated carbocycles. The molecule has 1 amide bonds. The van der Waals surface area contributed by atoms with E-state index in [0.717, 1.165) is 15.8 Å². The van der Waals surface area contributed by atoms with Gasteiger partial charge in [0.05, 0.1) is 5.69 Å². The highest BCUT2D eigenvalue weighted by Crippen LogP contribution is 2.19. The molecule has 0 aliphatic carbocycles. The van der Waals surface area contributed by atoms with Gasteiger partial charge in [0.2, 0.25) is 0 Å². The molecule has 2 aromatic rings. The van der Waals surface area contributed by atoms with Crippen molar-refractivity contribution in [1.82, 2.24) is 0 Å². The summed E-state index contributed by atoms with van der Waals surface area (Å²) >= 11 is 7.18. The van der Waals surface area contributed by atoms with Crippen molar-refractivity contribution in [1.29, 1.82) is 0 Å². The van der Waals surface area contributed by atoms with Crippen LogP contribution in [-0.2, 0) is 14.3 Å². The van der Waals surface area contributed by atoms with Crippen LogP contribution in [0.1, 0.15) is 16.7 Å². The van der Waals surface area contributed by atoms with Gasteiger partial charge in [0.15, 0.2) is 6.10 Å². The van der Waals surface area contributed by atoms with Gasteiger partial charge in [0.1, 0.15) is 5.82 Å². The van der Waals surface area contributed by atoms with E-state index in [2.05, 4.69) is 5.32 Å². The molecule has 0 spiro atoms. The Balaban J connectivity index is 1.90. The minimum atomic E-state index is -1.07. The van der Waals surface area contributed by atoms with Crippen LogP contribution in [0.5, 0.6) is 0 Å². The number of halogens is 2. The SMILES string of the molecule is Cc1ccc(/C=C/C(=O)O[C@@H](C)C(=O)Nc2ccc(Cl)cc2F)s1. The lowest BCUT2D eigenvalue weighted by Gasteiger charge is -2.12. The zero-order chi connectivity index (χ0) is 17.7. The molecule has 1 aromatic heterocycles. The maximum atomic E-state index is 13.6. The van der Waals surface area contributed by atoms with Gasteiger partial charge >= 0.3 is 5.97 Å². The monoisotopic (exact) mass is 367 g/mol. The highest BCUT2D eigenvalue weighted by atomic mass is 35.5. The summed E-state index contributed by atoms with van der Waals surface area (Å²) in [6.45, 7) is 3.37. The highest BCUT2D eigenvalue weighted by molar-refractivity contribution is 7.12. The summed E-state index contributed by atoms with van der Waals surface area (Å²) in [5, 5.41) is 2.57. The summed E-state index contributed by atoms with van der Waals surface area (Å²) < 4.78 is 18.6. The minimum absolute atomic E-state index is 0.0306. The van der Waals surface area contributed by atoms with E-state index >= 15 is 0 Å². The van der Waals surface area contributed by atoms with Crippen molar-refractivity contribution in [3.63, 3.8) is 0 Å². The van der Waals surface area contributed by atoms with Gasteiger partial charge in [-0.3, -0.25) is 4.79 Å². The lowest BCUT2D eigenvalue weighted by molar-refractivity contribution is -0.148. The zero-order valence-corrected chi connectivity index (χ0v) is 14.6. The maximum Gasteiger partial charge on any atom is 0.331 e. The Kier molecular flexibility index (Phi) is 6.11. The zero-order valence-electron chi connectivity index (χ0n) is 13.0. The molecule has 1 atom stereocenters. The number of esters is 1. The van der Waals surface area contributed by atoms with Gasteiger partial charge in [-0.25, -0.2) is 9.18 Å². The van der Waals surface area contributed by atoms with Crippen molar-refractivity contribution < 1.29 is 18.7 Å². The number of hydrogen-bond acceptors (Lipinski definition) is 4. The van der Waals surface area contributed by atoms with Crippen molar-refractivity contribution in [2.24, 2.45) is 0 Å². The third-order valence-corrected chi connectivity index (χ3v) is 4.20. The largest absolute Gasteiger partial charge is 0.449 e. The summed E-state index contributed by atoms with van der Waals surface area (Å²) in [5.41, 5.74) is -0.0306. The van der Waals surface area contributed by atoms with Gasteiger partial charge in [-0.15, -0.1) is 11.3 Å². The smallest absolute Gasteiger partial charge is 0.331 e. The average molecular weight is 368 g/mol. The number of rotatable bonds is 5. The van der Waals surface area contributed by atoms with Crippen LogP contribution in [-0.4, -0.2) is 18.0 Å². The number of aryl methyl sites for hydroxylation is 1. The van der Waals surface area contributed by atoms with Crippen molar-refractivity contribution >= 4 is 46.6 Å². The van der Waals surface area contributed by atoms with Crippen LogP contribution in [0.4, 0.5) is 10.1 Å². The molecule has 0 saturated heterocycles. The van der Waals surface area contributed by atoms with E-state index in [1.54, 1.807) is 6.08 Å². The molecule has 24 heavy (non-hydrogen) atoms. The first kappa shape index (κ1) is 18.2. The molecule has 0 fully saturated rings. The molecule has 0 aliphatic rings. The minimum Gasteiger partial charge on any atom is -0.449 e. The summed E-state index contributed by atoms with van der Waals surface area (Å²) in [5.74, 6) is -1.95. The maximum absolute atomic E-state index is 13.6. The first-order valence-electron chi connectivity index (χ1n) is 7.06. The number of ether oxygens (including phenoxy) is 1. The number of amides is 1. The fourth-order valence-electron chi connectivity index (χ4n) is 1.79. The molecule has 0 radical (unpaired) electrons. The molecular weight excluding hydrogens is 353 g/mol. The first-order valence-corrected chi connectivity index (χ1v) is 8.25. The van der Waals surface area contributed by atoms with Crippen LogP contribution in [0.25, 0.3) is 6.08 Å². The number of hydrogen-bond donors (Lipinski definition) is 1. The van der Waals surface area contributed by atoms with Crippen molar-refractivity contribution in [2.45, 2.75) is 20.0 Å². The molecule has 0 unspecified atom stereocenters. The molecule has 0 bridgehead atoms. The second kappa shape index (κ2) is 8.08. The van der Waals surface area contributed by atoms with Crippen LogP contribution >= 0.6 is 22.9 Å². The van der Waals surface area contributed by atoms with Crippen LogP contribution in [0.3, 0.4) is 0 Å². The molecule has 1 N–H and O–H groups in total. The van der Waals surface area contributed by atoms with Crippen LogP contribution in [0.2, 0.25) is 5.02 Å². The van der Waals surface area contributed by atoms with Crippen molar-refractivity contribution in [3.8, 4) is 0 Å². The van der Waals surface area contributed by atoms with E-state index in [-0.39, 0.29) is 10.7 Å². The Hall–Kier alpha value is -2.18. The van der Waals surface area contributed by atoms with Gasteiger partial charge in [0.25, 0.3) is 5.91 Å². The topological polar surface area (TPSA) is 55.4 Å². The lowest BCUT2D eigenvalue weighted by atomic mass is 10.3. The van der Waals surface area contributed by atoms with Crippen LogP contribution in [0.15, 0.2) is 36.4 Å². The molecule has 1 aromatic carbocycles. The predicted octanol–water partition coefficient (Wildman–Crippen LogP) is 4.43. The summed E-state index contributed by atoms with van der Waals surface area (Å²) in [7, 11) is 0. The number of anilines is 1. The molecule has 2 rings (SSSR count). The molecule has 0 aliphatic heterocycles. The second-order valence-corrected chi connectivity index (χ2v) is 6.73. The van der Waals surface area contributed by atoms with E-state index in [1.165, 1.54) is 36.5 Å². The number of carbonyl (C=O) groups excluding carboxylic acids is 2. The van der Waals surface area contributed by atoms with Crippen molar-refractivity contribution in [3.05, 3.63) is 57.0 Å². The van der Waals surface area contributed by atoms with Crippen molar-refractivity contribution in [2.75, 3.05) is 5.32 Å². The molecule has 126 valence electrons. The van der Waals surface area contributed by atoms with Gasteiger partial charge in [0, 0.05) is 20.9 Å². The lowest BCUT2D eigenvalue weighted by Crippen LogP contribution is -2.29. The predicted molar refractivity (Wildman–Crippen MR) is 93.7 cm³/mol. The molecule has 1 heterocycles. The third-order valence-electron chi connectivity index (χ3n) is 3.00. The van der Waals surface area contributed by atoms with E-state index in [1.807, 2.05) is 19.1 Å². The van der Waals surface area contributed by atoms with Gasteiger partial charge in [-0.2, -0.15) is 0 Å². The summed E-state index contributed by atoms with van der Waals surface area (Å²) in [4.78, 5) is 25.7. The first-order chi connectivity index (χ1) is 11.3. The average Bonchev–Trinajstić information content (AvgIpc) is 2.93. The summed E-state index contributed by atoms with van der Waals surface area (Å²) in [6.07, 6.45) is 1.80. The molecule has 4 nitrogen and oxygen atoms in total. The third kappa shape index (κ3) is 5.18.